The normalized spacial score (nSPS) is 10.9. The fraction of sp³-hybridized carbons (Fsp3) is 0.158. The van der Waals surface area contributed by atoms with Gasteiger partial charge < -0.3 is 10.1 Å². The van der Waals surface area contributed by atoms with Crippen molar-refractivity contribution in [1.29, 1.82) is 0 Å². The monoisotopic (exact) mass is 342 g/mol. The topological polar surface area (TPSA) is 51.2 Å². The molecule has 6 heteroatoms. The number of aryl methyl sites for hydroxylation is 2. The van der Waals surface area contributed by atoms with Gasteiger partial charge >= 0.3 is 6.61 Å². The summed E-state index contributed by atoms with van der Waals surface area (Å²) in [6.45, 7) is 0.893. The van der Waals surface area contributed by atoms with E-state index >= 15 is 0 Å². The molecule has 0 saturated heterocycles. The number of halogens is 2. The van der Waals surface area contributed by atoms with E-state index in [1.807, 2.05) is 32.0 Å². The van der Waals surface area contributed by atoms with E-state index in [2.05, 4.69) is 15.0 Å². The van der Waals surface area contributed by atoms with Gasteiger partial charge in [0, 0.05) is 16.8 Å². The molecule has 1 amide bonds. The highest BCUT2D eigenvalue weighted by molar-refractivity contribution is 6.12. The minimum atomic E-state index is -2.88. The van der Waals surface area contributed by atoms with Gasteiger partial charge in [0.15, 0.2) is 0 Å². The third-order valence-electron chi connectivity index (χ3n) is 3.67. The molecular formula is C19H16F2N2O2. The lowest BCUT2D eigenvalue weighted by Gasteiger charge is -2.10. The average Bonchev–Trinajstić information content (AvgIpc) is 2.56. The van der Waals surface area contributed by atoms with Crippen molar-refractivity contribution >= 4 is 22.5 Å². The fourth-order valence-corrected chi connectivity index (χ4v) is 2.58. The molecule has 4 nitrogen and oxygen atoms in total. The van der Waals surface area contributed by atoms with Gasteiger partial charge in [-0.25, -0.2) is 0 Å². The van der Waals surface area contributed by atoms with Crippen molar-refractivity contribution in [3.63, 3.8) is 0 Å². The Kier molecular flexibility index (Phi) is 4.61. The number of amides is 1. The number of rotatable bonds is 4. The van der Waals surface area contributed by atoms with Crippen LogP contribution in [0.2, 0.25) is 0 Å². The van der Waals surface area contributed by atoms with E-state index in [-0.39, 0.29) is 11.7 Å². The van der Waals surface area contributed by atoms with Crippen molar-refractivity contribution < 1.29 is 18.3 Å². The second kappa shape index (κ2) is 6.84. The summed E-state index contributed by atoms with van der Waals surface area (Å²) < 4.78 is 28.6. The van der Waals surface area contributed by atoms with Gasteiger partial charge in [0.2, 0.25) is 0 Å². The molecule has 0 unspecified atom stereocenters. The minimum absolute atomic E-state index is 0.0360. The molecule has 1 aromatic heterocycles. The Morgan fingerprint density at radius 3 is 2.48 bits per heavy atom. The van der Waals surface area contributed by atoms with Crippen LogP contribution in [-0.4, -0.2) is 17.5 Å². The summed E-state index contributed by atoms with van der Waals surface area (Å²) in [7, 11) is 0. The standard InChI is InChI=1S/C19H16F2N2O2/c1-11-3-8-17-15(9-11)16(10-12(2)22-17)18(24)23-13-4-6-14(7-5-13)25-19(20)21/h3-10,19H,1-2H3,(H,23,24). The number of nitrogens with zero attached hydrogens (tertiary/aromatic N) is 1. The highest BCUT2D eigenvalue weighted by Crippen LogP contribution is 2.22. The van der Waals surface area contributed by atoms with E-state index in [1.54, 1.807) is 6.07 Å². The first-order valence-electron chi connectivity index (χ1n) is 7.66. The molecule has 0 saturated carbocycles. The maximum absolute atomic E-state index is 12.7. The smallest absolute Gasteiger partial charge is 0.387 e. The zero-order valence-electron chi connectivity index (χ0n) is 13.7. The number of benzene rings is 2. The van der Waals surface area contributed by atoms with Crippen LogP contribution in [-0.2, 0) is 0 Å². The summed E-state index contributed by atoms with van der Waals surface area (Å²) >= 11 is 0. The second-order valence-corrected chi connectivity index (χ2v) is 5.69. The Hall–Kier alpha value is -3.02. The van der Waals surface area contributed by atoms with Crippen LogP contribution < -0.4 is 10.1 Å². The van der Waals surface area contributed by atoms with Gasteiger partial charge in [-0.15, -0.1) is 0 Å². The summed E-state index contributed by atoms with van der Waals surface area (Å²) in [6.07, 6.45) is 0. The van der Waals surface area contributed by atoms with Crippen molar-refractivity contribution in [2.24, 2.45) is 0 Å². The number of alkyl halides is 2. The zero-order valence-corrected chi connectivity index (χ0v) is 13.7. The van der Waals surface area contributed by atoms with Crippen molar-refractivity contribution in [3.8, 4) is 5.75 Å². The van der Waals surface area contributed by atoms with Gasteiger partial charge in [0.05, 0.1) is 11.1 Å². The maximum Gasteiger partial charge on any atom is 0.387 e. The van der Waals surface area contributed by atoms with Crippen LogP contribution in [0.15, 0.2) is 48.5 Å². The van der Waals surface area contributed by atoms with Gasteiger partial charge in [-0.2, -0.15) is 8.78 Å². The van der Waals surface area contributed by atoms with Gasteiger partial charge in [0.25, 0.3) is 5.91 Å². The molecule has 2 aromatic carbocycles. The van der Waals surface area contributed by atoms with E-state index in [9.17, 15) is 13.6 Å². The number of pyridine rings is 1. The molecule has 1 N–H and O–H groups in total. The quantitative estimate of drug-likeness (QED) is 0.747. The summed E-state index contributed by atoms with van der Waals surface area (Å²) in [5, 5.41) is 3.53. The molecule has 1 heterocycles. The van der Waals surface area contributed by atoms with Crippen LogP contribution in [0.25, 0.3) is 10.9 Å². The number of carbonyl (C=O) groups is 1. The molecule has 0 aliphatic heterocycles. The summed E-state index contributed by atoms with van der Waals surface area (Å²) in [5.74, 6) is -0.252. The van der Waals surface area contributed by atoms with Crippen molar-refractivity contribution in [2.75, 3.05) is 5.32 Å². The molecular weight excluding hydrogens is 326 g/mol. The van der Waals surface area contributed by atoms with E-state index in [4.69, 9.17) is 0 Å². The van der Waals surface area contributed by atoms with E-state index < -0.39 is 6.61 Å². The molecule has 3 rings (SSSR count). The van der Waals surface area contributed by atoms with Gasteiger partial charge in [-0.05, 0) is 56.3 Å². The number of aromatic nitrogens is 1. The molecule has 128 valence electrons. The first kappa shape index (κ1) is 16.8. The predicted molar refractivity (Wildman–Crippen MR) is 92.2 cm³/mol. The Bertz CT molecular complexity index is 925. The zero-order chi connectivity index (χ0) is 18.0. The number of anilines is 1. The number of carbonyl (C=O) groups excluding carboxylic acids is 1. The number of fused-ring (bicyclic) bond motifs is 1. The summed E-state index contributed by atoms with van der Waals surface area (Å²) in [5.41, 5.74) is 3.51. The van der Waals surface area contributed by atoms with E-state index in [0.717, 1.165) is 22.2 Å². The molecule has 0 spiro atoms. The van der Waals surface area contributed by atoms with Crippen LogP contribution in [0.4, 0.5) is 14.5 Å². The van der Waals surface area contributed by atoms with Gasteiger partial charge in [-0.1, -0.05) is 11.6 Å². The predicted octanol–water partition coefficient (Wildman–Crippen LogP) is 4.71. The summed E-state index contributed by atoms with van der Waals surface area (Å²) in [6, 6.07) is 13.2. The molecule has 3 aromatic rings. The Morgan fingerprint density at radius 1 is 1.08 bits per heavy atom. The first-order chi connectivity index (χ1) is 11.9. The first-order valence-corrected chi connectivity index (χ1v) is 7.66. The highest BCUT2D eigenvalue weighted by Gasteiger charge is 2.13. The highest BCUT2D eigenvalue weighted by atomic mass is 19.3. The van der Waals surface area contributed by atoms with Gasteiger partial charge in [0.1, 0.15) is 5.75 Å². The average molecular weight is 342 g/mol. The van der Waals surface area contributed by atoms with Crippen LogP contribution in [0.1, 0.15) is 21.6 Å². The Balaban J connectivity index is 1.88. The Morgan fingerprint density at radius 2 is 1.80 bits per heavy atom. The molecule has 0 aliphatic carbocycles. The Labute approximate surface area is 143 Å². The molecule has 0 atom stereocenters. The van der Waals surface area contributed by atoms with Crippen LogP contribution in [0.5, 0.6) is 5.75 Å². The van der Waals surface area contributed by atoms with Crippen molar-refractivity contribution in [1.82, 2.24) is 4.98 Å². The fourth-order valence-electron chi connectivity index (χ4n) is 2.58. The second-order valence-electron chi connectivity index (χ2n) is 5.69. The molecule has 0 radical (unpaired) electrons. The number of hydrogen-bond donors (Lipinski definition) is 1. The third-order valence-corrected chi connectivity index (χ3v) is 3.67. The summed E-state index contributed by atoms with van der Waals surface area (Å²) in [4.78, 5) is 17.1. The largest absolute Gasteiger partial charge is 0.435 e. The number of nitrogens with one attached hydrogen (secondary N) is 1. The van der Waals surface area contributed by atoms with E-state index in [1.165, 1.54) is 24.3 Å². The molecule has 0 fully saturated rings. The van der Waals surface area contributed by atoms with Crippen LogP contribution >= 0.6 is 0 Å². The molecule has 0 aliphatic rings. The maximum atomic E-state index is 12.7. The lowest BCUT2D eigenvalue weighted by atomic mass is 10.0. The van der Waals surface area contributed by atoms with Gasteiger partial charge in [-0.3, -0.25) is 9.78 Å². The molecule has 0 bridgehead atoms. The minimum Gasteiger partial charge on any atom is -0.435 e. The van der Waals surface area contributed by atoms with Crippen molar-refractivity contribution in [2.45, 2.75) is 20.5 Å². The lowest BCUT2D eigenvalue weighted by molar-refractivity contribution is -0.0498. The molecule has 25 heavy (non-hydrogen) atoms. The van der Waals surface area contributed by atoms with Crippen LogP contribution in [0, 0.1) is 13.8 Å². The van der Waals surface area contributed by atoms with Crippen LogP contribution in [0.3, 0.4) is 0 Å². The van der Waals surface area contributed by atoms with Crippen molar-refractivity contribution in [3.05, 3.63) is 65.4 Å². The SMILES string of the molecule is Cc1ccc2nc(C)cc(C(=O)Nc3ccc(OC(F)F)cc3)c2c1. The van der Waals surface area contributed by atoms with E-state index in [0.29, 0.717) is 11.3 Å². The lowest BCUT2D eigenvalue weighted by Crippen LogP contribution is -2.13. The number of ether oxygens (including phenoxy) is 1. The number of hydrogen-bond acceptors (Lipinski definition) is 3. The third kappa shape index (κ3) is 3.91.